The van der Waals surface area contributed by atoms with Gasteiger partial charge in [-0.2, -0.15) is 0 Å². The van der Waals surface area contributed by atoms with Crippen LogP contribution in [0.3, 0.4) is 0 Å². The Morgan fingerprint density at radius 3 is 2.18 bits per heavy atom. The quantitative estimate of drug-likeness (QED) is 0.330. The van der Waals surface area contributed by atoms with E-state index in [-0.39, 0.29) is 37.7 Å². The van der Waals surface area contributed by atoms with Gasteiger partial charge in [0.1, 0.15) is 6.04 Å². The maximum absolute atomic E-state index is 13.6. The summed E-state index contributed by atoms with van der Waals surface area (Å²) in [4.78, 5) is 28.3. The van der Waals surface area contributed by atoms with Crippen molar-refractivity contribution < 1.29 is 18.0 Å². The van der Waals surface area contributed by atoms with Crippen LogP contribution >= 0.6 is 34.8 Å². The number of anilines is 1. The van der Waals surface area contributed by atoms with E-state index in [1.54, 1.807) is 43.3 Å². The van der Waals surface area contributed by atoms with E-state index in [2.05, 4.69) is 5.32 Å². The van der Waals surface area contributed by atoms with E-state index in [0.29, 0.717) is 32.7 Å². The number of rotatable bonds is 11. The van der Waals surface area contributed by atoms with Crippen LogP contribution in [0.4, 0.5) is 5.69 Å². The molecule has 7 nitrogen and oxygen atoms in total. The van der Waals surface area contributed by atoms with Gasteiger partial charge in [-0.05, 0) is 75.9 Å². The molecule has 1 atom stereocenters. The van der Waals surface area contributed by atoms with Crippen LogP contribution in [-0.2, 0) is 26.2 Å². The second-order valence-corrected chi connectivity index (χ2v) is 13.5. The Labute approximate surface area is 241 Å². The van der Waals surface area contributed by atoms with Crippen LogP contribution in [0.25, 0.3) is 0 Å². The van der Waals surface area contributed by atoms with Crippen molar-refractivity contribution in [2.24, 2.45) is 0 Å². The van der Waals surface area contributed by atoms with E-state index in [0.717, 1.165) is 11.8 Å². The van der Waals surface area contributed by atoms with Gasteiger partial charge in [0.25, 0.3) is 0 Å². The van der Waals surface area contributed by atoms with Crippen LogP contribution in [0.1, 0.15) is 58.1 Å². The molecule has 38 heavy (non-hydrogen) atoms. The molecule has 210 valence electrons. The number of carbonyl (C=O) groups excluding carboxylic acids is 2. The topological polar surface area (TPSA) is 86.8 Å². The standard InChI is InChI=1S/C27H36Cl3N3O4S/c1-7-23(26(35)31-27(3,4)5)32(17-19-11-13-20(28)15-22(19)30)25(34)9-8-14-33(38(6,36)37)24-16-21(29)12-10-18(24)2/h10-13,15-16,23H,7-9,14,17H2,1-6H3,(H,31,35). The predicted molar refractivity (Wildman–Crippen MR) is 157 cm³/mol. The number of hydrogen-bond donors (Lipinski definition) is 1. The van der Waals surface area contributed by atoms with Crippen molar-refractivity contribution in [1.29, 1.82) is 0 Å². The molecule has 0 radical (unpaired) electrons. The van der Waals surface area contributed by atoms with E-state index in [4.69, 9.17) is 34.8 Å². The Morgan fingerprint density at radius 1 is 1.03 bits per heavy atom. The normalized spacial score (nSPS) is 12.7. The highest BCUT2D eigenvalue weighted by molar-refractivity contribution is 7.92. The molecule has 2 aromatic carbocycles. The maximum Gasteiger partial charge on any atom is 0.243 e. The molecule has 2 amide bonds. The molecule has 11 heteroatoms. The molecule has 0 aliphatic heterocycles. The highest BCUT2D eigenvalue weighted by Gasteiger charge is 2.31. The van der Waals surface area contributed by atoms with E-state index in [9.17, 15) is 18.0 Å². The van der Waals surface area contributed by atoms with Crippen LogP contribution in [0.15, 0.2) is 36.4 Å². The van der Waals surface area contributed by atoms with Crippen molar-refractivity contribution in [3.63, 3.8) is 0 Å². The molecule has 0 aliphatic rings. The van der Waals surface area contributed by atoms with Crippen molar-refractivity contribution in [2.75, 3.05) is 17.1 Å². The maximum atomic E-state index is 13.6. The summed E-state index contributed by atoms with van der Waals surface area (Å²) in [6.45, 7) is 9.43. The van der Waals surface area contributed by atoms with Gasteiger partial charge < -0.3 is 10.2 Å². The number of nitrogens with one attached hydrogen (secondary N) is 1. The number of nitrogens with zero attached hydrogens (tertiary/aromatic N) is 2. The third-order valence-corrected chi connectivity index (χ3v) is 7.83. The Bertz CT molecular complexity index is 1260. The number of sulfonamides is 1. The highest BCUT2D eigenvalue weighted by Crippen LogP contribution is 2.28. The summed E-state index contributed by atoms with van der Waals surface area (Å²) >= 11 is 18.6. The monoisotopic (exact) mass is 603 g/mol. The number of aryl methyl sites for hydroxylation is 1. The second-order valence-electron chi connectivity index (χ2n) is 10.3. The van der Waals surface area contributed by atoms with Crippen LogP contribution in [0, 0.1) is 6.92 Å². The Hall–Kier alpha value is -2.00. The van der Waals surface area contributed by atoms with Gasteiger partial charge in [-0.15, -0.1) is 0 Å². The van der Waals surface area contributed by atoms with Gasteiger partial charge in [0.2, 0.25) is 21.8 Å². The Kier molecular flexibility index (Phi) is 11.3. The minimum Gasteiger partial charge on any atom is -0.350 e. The lowest BCUT2D eigenvalue weighted by Gasteiger charge is -2.33. The fourth-order valence-corrected chi connectivity index (χ4v) is 5.69. The van der Waals surface area contributed by atoms with Gasteiger partial charge in [0.05, 0.1) is 11.9 Å². The van der Waals surface area contributed by atoms with E-state index < -0.39 is 21.6 Å². The molecule has 0 spiro atoms. The molecule has 0 fully saturated rings. The van der Waals surface area contributed by atoms with Crippen molar-refractivity contribution >= 4 is 62.3 Å². The lowest BCUT2D eigenvalue weighted by Crippen LogP contribution is -2.53. The number of amides is 2. The van der Waals surface area contributed by atoms with Crippen molar-refractivity contribution in [3.05, 3.63) is 62.6 Å². The minimum atomic E-state index is -3.63. The van der Waals surface area contributed by atoms with Gasteiger partial charge in [0, 0.05) is 40.1 Å². The molecule has 1 N–H and O–H groups in total. The van der Waals surface area contributed by atoms with Crippen LogP contribution in [0.2, 0.25) is 15.1 Å². The number of carbonyl (C=O) groups is 2. The fraction of sp³-hybridized carbons (Fsp3) is 0.481. The molecule has 1 unspecified atom stereocenters. The lowest BCUT2D eigenvalue weighted by atomic mass is 10.0. The van der Waals surface area contributed by atoms with Crippen LogP contribution < -0.4 is 9.62 Å². The first kappa shape index (κ1) is 32.2. The number of halogens is 3. The van der Waals surface area contributed by atoms with Crippen LogP contribution in [-0.4, -0.2) is 49.5 Å². The van der Waals surface area contributed by atoms with Crippen molar-refractivity contribution in [1.82, 2.24) is 10.2 Å². The first-order chi connectivity index (χ1) is 17.5. The Balaban J connectivity index is 2.31. The van der Waals surface area contributed by atoms with Crippen LogP contribution in [0.5, 0.6) is 0 Å². The fourth-order valence-electron chi connectivity index (χ4n) is 4.04. The molecule has 0 saturated carbocycles. The zero-order chi connectivity index (χ0) is 28.8. The molecule has 2 aromatic rings. The number of benzene rings is 2. The average Bonchev–Trinajstić information content (AvgIpc) is 2.77. The smallest absolute Gasteiger partial charge is 0.243 e. The molecule has 0 aromatic heterocycles. The van der Waals surface area contributed by atoms with E-state index >= 15 is 0 Å². The highest BCUT2D eigenvalue weighted by atomic mass is 35.5. The lowest BCUT2D eigenvalue weighted by molar-refractivity contribution is -0.142. The molecule has 0 aliphatic carbocycles. The predicted octanol–water partition coefficient (Wildman–Crippen LogP) is 6.22. The van der Waals surface area contributed by atoms with E-state index in [1.165, 1.54) is 9.21 Å². The summed E-state index contributed by atoms with van der Waals surface area (Å²) in [6.07, 6.45) is 1.76. The first-order valence-corrected chi connectivity index (χ1v) is 15.3. The summed E-state index contributed by atoms with van der Waals surface area (Å²) in [5.41, 5.74) is 1.38. The Morgan fingerprint density at radius 2 is 1.63 bits per heavy atom. The summed E-state index contributed by atoms with van der Waals surface area (Å²) in [7, 11) is -3.63. The van der Waals surface area contributed by atoms with Crippen molar-refractivity contribution in [3.8, 4) is 0 Å². The zero-order valence-corrected chi connectivity index (χ0v) is 25.7. The zero-order valence-electron chi connectivity index (χ0n) is 22.6. The first-order valence-electron chi connectivity index (χ1n) is 12.3. The van der Waals surface area contributed by atoms with Crippen molar-refractivity contribution in [2.45, 2.75) is 72.0 Å². The van der Waals surface area contributed by atoms with Gasteiger partial charge in [-0.25, -0.2) is 8.42 Å². The summed E-state index contributed by atoms with van der Waals surface area (Å²) in [6, 6.07) is 9.30. The largest absolute Gasteiger partial charge is 0.350 e. The molecular weight excluding hydrogens is 569 g/mol. The van der Waals surface area contributed by atoms with Gasteiger partial charge in [0.15, 0.2) is 0 Å². The SMILES string of the molecule is CCC(C(=O)NC(C)(C)C)N(Cc1ccc(Cl)cc1Cl)C(=O)CCCN(c1cc(Cl)ccc1C)S(C)(=O)=O. The third-order valence-electron chi connectivity index (χ3n) is 5.83. The molecule has 2 rings (SSSR count). The number of hydrogen-bond acceptors (Lipinski definition) is 4. The molecular formula is C27H36Cl3N3O4S. The molecule has 0 saturated heterocycles. The van der Waals surface area contributed by atoms with Gasteiger partial charge in [-0.1, -0.05) is 53.9 Å². The second kappa shape index (κ2) is 13.4. The summed E-state index contributed by atoms with van der Waals surface area (Å²) in [5, 5.41) is 4.22. The summed E-state index contributed by atoms with van der Waals surface area (Å²) < 4.78 is 26.4. The minimum absolute atomic E-state index is 0.0239. The van der Waals surface area contributed by atoms with Gasteiger partial charge in [-0.3, -0.25) is 13.9 Å². The molecule has 0 bridgehead atoms. The molecule has 0 heterocycles. The third kappa shape index (κ3) is 9.33. The van der Waals surface area contributed by atoms with Gasteiger partial charge >= 0.3 is 0 Å². The van der Waals surface area contributed by atoms with E-state index in [1.807, 2.05) is 27.7 Å². The average molecular weight is 605 g/mol. The summed E-state index contributed by atoms with van der Waals surface area (Å²) in [5.74, 6) is -0.561.